The highest BCUT2D eigenvalue weighted by Crippen LogP contribution is 2.18. The molecule has 112 valence electrons. The molecule has 1 amide bonds. The van der Waals surface area contributed by atoms with Crippen molar-refractivity contribution >= 4 is 27.5 Å². The van der Waals surface area contributed by atoms with E-state index in [1.54, 1.807) is 11.6 Å². The highest BCUT2D eigenvalue weighted by molar-refractivity contribution is 7.16. The van der Waals surface area contributed by atoms with Gasteiger partial charge in [-0.05, 0) is 36.8 Å². The summed E-state index contributed by atoms with van der Waals surface area (Å²) in [6.45, 7) is 1.97. The van der Waals surface area contributed by atoms with Crippen LogP contribution in [0.2, 0.25) is 0 Å². The molecule has 3 rings (SSSR count). The molecule has 0 saturated heterocycles. The van der Waals surface area contributed by atoms with E-state index in [4.69, 9.17) is 0 Å². The third-order valence-corrected chi connectivity index (χ3v) is 4.43. The van der Waals surface area contributed by atoms with Crippen LogP contribution in [-0.2, 0) is 7.05 Å². The van der Waals surface area contributed by atoms with Crippen LogP contribution in [0.1, 0.15) is 15.9 Å². The van der Waals surface area contributed by atoms with Gasteiger partial charge in [0.25, 0.3) is 5.91 Å². The predicted octanol–water partition coefficient (Wildman–Crippen LogP) is 3.57. The fourth-order valence-corrected chi connectivity index (χ4v) is 3.31. The molecular weight excluding hydrogens is 306 g/mol. The van der Waals surface area contributed by atoms with Gasteiger partial charge in [-0.2, -0.15) is 4.99 Å². The number of aromatic nitrogens is 1. The lowest BCUT2D eigenvalue weighted by Crippen LogP contribution is -2.14. The van der Waals surface area contributed by atoms with Gasteiger partial charge in [0.05, 0.1) is 10.2 Å². The summed E-state index contributed by atoms with van der Waals surface area (Å²) in [5.41, 5.74) is 1.37. The Morgan fingerprint density at radius 1 is 1.18 bits per heavy atom. The van der Waals surface area contributed by atoms with Crippen molar-refractivity contribution in [1.82, 2.24) is 4.57 Å². The van der Waals surface area contributed by atoms with Crippen LogP contribution >= 0.6 is 11.3 Å². The van der Waals surface area contributed by atoms with E-state index in [9.17, 15) is 13.6 Å². The number of hydrogen-bond donors (Lipinski definition) is 0. The Bertz CT molecular complexity index is 936. The molecular formula is C16H12F2N2OS. The van der Waals surface area contributed by atoms with Crippen LogP contribution < -0.4 is 4.80 Å². The largest absolute Gasteiger partial charge is 0.319 e. The average molecular weight is 318 g/mol. The van der Waals surface area contributed by atoms with Crippen molar-refractivity contribution < 1.29 is 13.6 Å². The Hall–Kier alpha value is -2.34. The molecule has 0 aliphatic carbocycles. The van der Waals surface area contributed by atoms with Crippen LogP contribution in [0.15, 0.2) is 41.4 Å². The number of thiazole rings is 1. The second-order valence-electron chi connectivity index (χ2n) is 4.93. The molecule has 1 aromatic heterocycles. The van der Waals surface area contributed by atoms with Gasteiger partial charge in [0.2, 0.25) is 0 Å². The summed E-state index contributed by atoms with van der Waals surface area (Å²) in [4.78, 5) is 16.4. The van der Waals surface area contributed by atoms with Gasteiger partial charge in [-0.3, -0.25) is 4.79 Å². The van der Waals surface area contributed by atoms with E-state index in [1.165, 1.54) is 17.4 Å². The molecule has 6 heteroatoms. The molecule has 22 heavy (non-hydrogen) atoms. The second-order valence-corrected chi connectivity index (χ2v) is 5.94. The summed E-state index contributed by atoms with van der Waals surface area (Å²) >= 11 is 1.30. The SMILES string of the molecule is Cc1ccc2c(c1)sc(=NC(=O)c1c(F)cccc1F)n2C. The molecule has 3 nitrogen and oxygen atoms in total. The fourth-order valence-electron chi connectivity index (χ4n) is 2.19. The highest BCUT2D eigenvalue weighted by atomic mass is 32.1. The first-order valence-corrected chi connectivity index (χ1v) is 7.38. The Labute approximate surface area is 129 Å². The number of nitrogens with zero attached hydrogens (tertiary/aromatic N) is 2. The maximum absolute atomic E-state index is 13.6. The van der Waals surface area contributed by atoms with E-state index in [0.29, 0.717) is 4.80 Å². The van der Waals surface area contributed by atoms with Crippen LogP contribution in [0.5, 0.6) is 0 Å². The minimum absolute atomic E-state index is 0.397. The van der Waals surface area contributed by atoms with E-state index in [-0.39, 0.29) is 0 Å². The first kappa shape index (κ1) is 14.6. The zero-order chi connectivity index (χ0) is 15.9. The maximum atomic E-state index is 13.6. The molecule has 0 aliphatic rings. The molecule has 0 spiro atoms. The van der Waals surface area contributed by atoms with Crippen molar-refractivity contribution in [3.8, 4) is 0 Å². The minimum atomic E-state index is -0.922. The zero-order valence-corrected chi connectivity index (χ0v) is 12.7. The van der Waals surface area contributed by atoms with Crippen LogP contribution in [-0.4, -0.2) is 10.5 Å². The van der Waals surface area contributed by atoms with Crippen molar-refractivity contribution in [2.45, 2.75) is 6.92 Å². The summed E-state index contributed by atoms with van der Waals surface area (Å²) in [5, 5.41) is 0. The Balaban J connectivity index is 2.16. The van der Waals surface area contributed by atoms with Crippen LogP contribution in [0.3, 0.4) is 0 Å². The van der Waals surface area contributed by atoms with Gasteiger partial charge in [0, 0.05) is 7.05 Å². The van der Waals surface area contributed by atoms with Gasteiger partial charge in [-0.1, -0.05) is 23.5 Å². The normalized spacial score (nSPS) is 12.1. The molecule has 0 N–H and O–H groups in total. The fraction of sp³-hybridized carbons (Fsp3) is 0.125. The summed E-state index contributed by atoms with van der Waals surface area (Å²) in [5.74, 6) is -2.74. The van der Waals surface area contributed by atoms with Crippen molar-refractivity contribution in [1.29, 1.82) is 0 Å². The lowest BCUT2D eigenvalue weighted by molar-refractivity contribution is 0.0990. The molecule has 0 unspecified atom stereocenters. The quantitative estimate of drug-likeness (QED) is 0.675. The molecule has 0 radical (unpaired) electrons. The van der Waals surface area contributed by atoms with Crippen molar-refractivity contribution in [2.24, 2.45) is 12.0 Å². The molecule has 2 aromatic carbocycles. The zero-order valence-electron chi connectivity index (χ0n) is 11.9. The van der Waals surface area contributed by atoms with E-state index in [2.05, 4.69) is 4.99 Å². The third kappa shape index (κ3) is 2.46. The summed E-state index contributed by atoms with van der Waals surface area (Å²) < 4.78 is 30.0. The van der Waals surface area contributed by atoms with Crippen molar-refractivity contribution in [3.05, 3.63) is 64.0 Å². The minimum Gasteiger partial charge on any atom is -0.319 e. The first-order chi connectivity index (χ1) is 10.5. The maximum Gasteiger partial charge on any atom is 0.285 e. The molecule has 0 aliphatic heterocycles. The van der Waals surface area contributed by atoms with E-state index >= 15 is 0 Å². The van der Waals surface area contributed by atoms with Gasteiger partial charge in [0.1, 0.15) is 17.2 Å². The number of carbonyl (C=O) groups excluding carboxylic acids is 1. The molecule has 1 heterocycles. The highest BCUT2D eigenvalue weighted by Gasteiger charge is 2.16. The number of halogens is 2. The lowest BCUT2D eigenvalue weighted by atomic mass is 10.2. The predicted molar refractivity (Wildman–Crippen MR) is 81.8 cm³/mol. The molecule has 0 saturated carbocycles. The van der Waals surface area contributed by atoms with E-state index in [0.717, 1.165) is 27.9 Å². The van der Waals surface area contributed by atoms with Gasteiger partial charge in [-0.15, -0.1) is 0 Å². The second kappa shape index (κ2) is 5.46. The number of carbonyl (C=O) groups is 1. The lowest BCUT2D eigenvalue weighted by Gasteiger charge is -1.99. The Kier molecular flexibility index (Phi) is 3.62. The summed E-state index contributed by atoms with van der Waals surface area (Å²) in [6, 6.07) is 9.16. The Morgan fingerprint density at radius 3 is 2.55 bits per heavy atom. The molecule has 3 aromatic rings. The van der Waals surface area contributed by atoms with E-state index in [1.807, 2.05) is 25.1 Å². The number of fused-ring (bicyclic) bond motifs is 1. The van der Waals surface area contributed by atoms with Crippen molar-refractivity contribution in [2.75, 3.05) is 0 Å². The summed E-state index contributed by atoms with van der Waals surface area (Å²) in [6.07, 6.45) is 0. The number of aryl methyl sites for hydroxylation is 2. The number of amides is 1. The third-order valence-electron chi connectivity index (χ3n) is 3.34. The van der Waals surface area contributed by atoms with Crippen molar-refractivity contribution in [3.63, 3.8) is 0 Å². The topological polar surface area (TPSA) is 34.4 Å². The van der Waals surface area contributed by atoms with Gasteiger partial charge < -0.3 is 4.57 Å². The van der Waals surface area contributed by atoms with Crippen LogP contribution in [0.4, 0.5) is 8.78 Å². The first-order valence-electron chi connectivity index (χ1n) is 6.56. The number of rotatable bonds is 1. The van der Waals surface area contributed by atoms with Crippen LogP contribution in [0, 0.1) is 18.6 Å². The van der Waals surface area contributed by atoms with Gasteiger partial charge in [-0.25, -0.2) is 8.78 Å². The van der Waals surface area contributed by atoms with Gasteiger partial charge in [0.15, 0.2) is 4.80 Å². The van der Waals surface area contributed by atoms with E-state index < -0.39 is 23.1 Å². The number of benzene rings is 2. The molecule has 0 bridgehead atoms. The van der Waals surface area contributed by atoms with Gasteiger partial charge >= 0.3 is 0 Å². The summed E-state index contributed by atoms with van der Waals surface area (Å²) in [7, 11) is 1.76. The Morgan fingerprint density at radius 2 is 1.86 bits per heavy atom. The monoisotopic (exact) mass is 318 g/mol. The van der Waals surface area contributed by atoms with Crippen LogP contribution in [0.25, 0.3) is 10.2 Å². The molecule has 0 atom stereocenters. The number of hydrogen-bond acceptors (Lipinski definition) is 2. The smallest absolute Gasteiger partial charge is 0.285 e. The average Bonchev–Trinajstić information content (AvgIpc) is 2.74. The standard InChI is InChI=1S/C16H12F2N2OS/c1-9-6-7-12-13(8-9)22-16(20(12)2)19-15(21)14-10(17)4-3-5-11(14)18/h3-8H,1-2H3. The molecule has 0 fully saturated rings.